The molecular weight excluding hydrogens is 285 g/mol. The lowest BCUT2D eigenvalue weighted by Crippen LogP contribution is -2.08. The number of aliphatic hydroxyl groups is 1. The maximum absolute atomic E-state index is 12.9. The molecule has 0 radical (unpaired) electrons. The smallest absolute Gasteiger partial charge is 0.313 e. The molecule has 106 valence electrons. The highest BCUT2D eigenvalue weighted by atomic mass is 32.2. The molecular formula is C12H12FN3O3S. The van der Waals surface area contributed by atoms with Crippen LogP contribution < -0.4 is 0 Å². The predicted octanol–water partition coefficient (Wildman–Crippen LogP) is 1.13. The minimum Gasteiger partial charge on any atom is -0.481 e. The van der Waals surface area contributed by atoms with Crippen molar-refractivity contribution < 1.29 is 19.4 Å². The Hall–Kier alpha value is -1.93. The van der Waals surface area contributed by atoms with E-state index >= 15 is 0 Å². The highest BCUT2D eigenvalue weighted by Crippen LogP contribution is 2.18. The summed E-state index contributed by atoms with van der Waals surface area (Å²) in [5, 5.41) is 26.0. The predicted molar refractivity (Wildman–Crippen MR) is 69.8 cm³/mol. The summed E-state index contributed by atoms with van der Waals surface area (Å²) in [5.74, 6) is -1.10. The highest BCUT2D eigenvalue weighted by molar-refractivity contribution is 7.99. The Morgan fingerprint density at radius 2 is 2.00 bits per heavy atom. The van der Waals surface area contributed by atoms with E-state index in [4.69, 9.17) is 5.11 Å². The lowest BCUT2D eigenvalue weighted by molar-refractivity contribution is -0.133. The van der Waals surface area contributed by atoms with E-state index in [-0.39, 0.29) is 18.2 Å². The van der Waals surface area contributed by atoms with Gasteiger partial charge in [-0.25, -0.2) is 4.39 Å². The molecule has 0 fully saturated rings. The van der Waals surface area contributed by atoms with Gasteiger partial charge in [0.2, 0.25) is 0 Å². The van der Waals surface area contributed by atoms with Crippen LogP contribution in [-0.4, -0.2) is 36.7 Å². The number of benzene rings is 1. The fraction of sp³-hybridized carbons (Fsp3) is 0.250. The van der Waals surface area contributed by atoms with E-state index in [0.717, 1.165) is 17.3 Å². The molecule has 2 aromatic rings. The van der Waals surface area contributed by atoms with Crippen LogP contribution in [0.25, 0.3) is 0 Å². The molecule has 0 unspecified atom stereocenters. The van der Waals surface area contributed by atoms with Crippen LogP contribution in [0.4, 0.5) is 4.39 Å². The minimum absolute atomic E-state index is 0.146. The second kappa shape index (κ2) is 6.49. The van der Waals surface area contributed by atoms with Crippen molar-refractivity contribution in [2.75, 3.05) is 5.75 Å². The number of aromatic nitrogens is 3. The number of aliphatic carboxylic acids is 1. The maximum Gasteiger partial charge on any atom is 0.313 e. The van der Waals surface area contributed by atoms with Gasteiger partial charge in [-0.3, -0.25) is 9.36 Å². The number of hydrogen-bond acceptors (Lipinski definition) is 5. The molecule has 0 amide bonds. The molecule has 1 aromatic carbocycles. The number of halogens is 1. The summed E-state index contributed by atoms with van der Waals surface area (Å²) in [4.78, 5) is 10.6. The van der Waals surface area contributed by atoms with Gasteiger partial charge in [-0.15, -0.1) is 10.2 Å². The summed E-state index contributed by atoms with van der Waals surface area (Å²) in [5.41, 5.74) is 0.804. The third kappa shape index (κ3) is 3.55. The molecule has 2 rings (SSSR count). The molecule has 0 saturated heterocycles. The van der Waals surface area contributed by atoms with Gasteiger partial charge < -0.3 is 10.2 Å². The van der Waals surface area contributed by atoms with Gasteiger partial charge in [0.05, 0.1) is 12.3 Å². The van der Waals surface area contributed by atoms with Crippen LogP contribution in [0.3, 0.4) is 0 Å². The quantitative estimate of drug-likeness (QED) is 0.777. The largest absolute Gasteiger partial charge is 0.481 e. The standard InChI is InChI=1S/C12H12FN3O3S/c13-9-3-1-8(2-4-9)5-16-10(6-17)14-15-12(16)20-7-11(18)19/h1-4,17H,5-7H2,(H,18,19). The molecule has 1 aromatic heterocycles. The van der Waals surface area contributed by atoms with E-state index in [1.54, 1.807) is 16.7 Å². The summed E-state index contributed by atoms with van der Waals surface area (Å²) in [6, 6.07) is 5.90. The van der Waals surface area contributed by atoms with Crippen molar-refractivity contribution in [3.05, 3.63) is 41.5 Å². The fourth-order valence-corrected chi connectivity index (χ4v) is 2.28. The van der Waals surface area contributed by atoms with Crippen LogP contribution in [0.15, 0.2) is 29.4 Å². The van der Waals surface area contributed by atoms with Crippen LogP contribution in [0.2, 0.25) is 0 Å². The average Bonchev–Trinajstić information content (AvgIpc) is 2.81. The van der Waals surface area contributed by atoms with Crippen LogP contribution >= 0.6 is 11.8 Å². The molecule has 2 N–H and O–H groups in total. The van der Waals surface area contributed by atoms with Crippen molar-refractivity contribution in [1.29, 1.82) is 0 Å². The molecule has 0 atom stereocenters. The first-order valence-corrected chi connectivity index (χ1v) is 6.70. The van der Waals surface area contributed by atoms with E-state index < -0.39 is 5.97 Å². The van der Waals surface area contributed by atoms with Crippen LogP contribution in [-0.2, 0) is 17.9 Å². The Morgan fingerprint density at radius 3 is 2.60 bits per heavy atom. The third-order valence-corrected chi connectivity index (χ3v) is 3.47. The van der Waals surface area contributed by atoms with Gasteiger partial charge in [-0.05, 0) is 17.7 Å². The SMILES string of the molecule is O=C(O)CSc1nnc(CO)n1Cc1ccc(F)cc1. The van der Waals surface area contributed by atoms with Crippen molar-refractivity contribution in [2.45, 2.75) is 18.3 Å². The lowest BCUT2D eigenvalue weighted by atomic mass is 10.2. The maximum atomic E-state index is 12.9. The minimum atomic E-state index is -0.961. The normalized spacial score (nSPS) is 10.7. The van der Waals surface area contributed by atoms with Gasteiger partial charge in [0, 0.05) is 0 Å². The number of thioether (sulfide) groups is 1. The van der Waals surface area contributed by atoms with Crippen LogP contribution in [0.1, 0.15) is 11.4 Å². The van der Waals surface area contributed by atoms with Gasteiger partial charge >= 0.3 is 5.97 Å². The van der Waals surface area contributed by atoms with Crippen molar-refractivity contribution in [2.24, 2.45) is 0 Å². The van der Waals surface area contributed by atoms with E-state index in [2.05, 4.69) is 10.2 Å². The summed E-state index contributed by atoms with van der Waals surface area (Å²) in [6.07, 6.45) is 0. The summed E-state index contributed by atoms with van der Waals surface area (Å²) >= 11 is 1.02. The Kier molecular flexibility index (Phi) is 4.70. The molecule has 0 spiro atoms. The Morgan fingerprint density at radius 1 is 1.30 bits per heavy atom. The number of hydrogen-bond donors (Lipinski definition) is 2. The highest BCUT2D eigenvalue weighted by Gasteiger charge is 2.13. The number of nitrogens with zero attached hydrogens (tertiary/aromatic N) is 3. The van der Waals surface area contributed by atoms with Crippen LogP contribution in [0, 0.1) is 5.82 Å². The Bertz CT molecular complexity index is 600. The summed E-state index contributed by atoms with van der Waals surface area (Å²) < 4.78 is 14.5. The van der Waals surface area contributed by atoms with Gasteiger partial charge in [0.1, 0.15) is 12.4 Å². The van der Waals surface area contributed by atoms with Crippen molar-refractivity contribution in [3.8, 4) is 0 Å². The van der Waals surface area contributed by atoms with Crippen molar-refractivity contribution >= 4 is 17.7 Å². The number of carboxylic acid groups (broad SMARTS) is 1. The molecule has 8 heteroatoms. The number of aliphatic hydroxyl groups excluding tert-OH is 1. The first kappa shape index (κ1) is 14.5. The third-order valence-electron chi connectivity index (χ3n) is 2.51. The van der Waals surface area contributed by atoms with Gasteiger partial charge in [-0.1, -0.05) is 23.9 Å². The molecule has 1 heterocycles. The number of carboxylic acids is 1. The lowest BCUT2D eigenvalue weighted by Gasteiger charge is -2.08. The Balaban J connectivity index is 2.21. The van der Waals surface area contributed by atoms with E-state index in [9.17, 15) is 14.3 Å². The van der Waals surface area contributed by atoms with E-state index in [1.807, 2.05) is 0 Å². The topological polar surface area (TPSA) is 88.2 Å². The Labute approximate surface area is 118 Å². The molecule has 0 aliphatic carbocycles. The number of carbonyl (C=O) groups is 1. The van der Waals surface area contributed by atoms with Crippen molar-refractivity contribution in [3.63, 3.8) is 0 Å². The zero-order valence-corrected chi connectivity index (χ0v) is 11.2. The molecule has 0 aliphatic heterocycles. The van der Waals surface area contributed by atoms with Crippen molar-refractivity contribution in [1.82, 2.24) is 14.8 Å². The number of rotatable bonds is 6. The zero-order valence-electron chi connectivity index (χ0n) is 10.4. The van der Waals surface area contributed by atoms with Gasteiger partial charge in [-0.2, -0.15) is 0 Å². The monoisotopic (exact) mass is 297 g/mol. The summed E-state index contributed by atoms with van der Waals surface area (Å²) in [7, 11) is 0. The first-order chi connectivity index (χ1) is 9.60. The second-order valence-corrected chi connectivity index (χ2v) is 4.89. The van der Waals surface area contributed by atoms with Crippen LogP contribution in [0.5, 0.6) is 0 Å². The first-order valence-electron chi connectivity index (χ1n) is 5.72. The molecule has 0 saturated carbocycles. The summed E-state index contributed by atoms with van der Waals surface area (Å²) in [6.45, 7) is 0.0347. The molecule has 6 nitrogen and oxygen atoms in total. The van der Waals surface area contributed by atoms with E-state index in [1.165, 1.54) is 12.1 Å². The molecule has 20 heavy (non-hydrogen) atoms. The molecule has 0 bridgehead atoms. The van der Waals surface area contributed by atoms with E-state index in [0.29, 0.717) is 17.5 Å². The molecule has 0 aliphatic rings. The average molecular weight is 297 g/mol. The fourth-order valence-electron chi connectivity index (χ4n) is 1.60. The second-order valence-electron chi connectivity index (χ2n) is 3.95. The van der Waals surface area contributed by atoms with Gasteiger partial charge in [0.15, 0.2) is 11.0 Å². The zero-order chi connectivity index (χ0) is 14.5. The van der Waals surface area contributed by atoms with Gasteiger partial charge in [0.25, 0.3) is 0 Å².